The third kappa shape index (κ3) is 1.66. The summed E-state index contributed by atoms with van der Waals surface area (Å²) in [6.07, 6.45) is 0. The fourth-order valence-electron chi connectivity index (χ4n) is 2.03. The molecule has 0 unspecified atom stereocenters. The Morgan fingerprint density at radius 2 is 1.83 bits per heavy atom. The molecular formula is C14H14N4. The lowest BCUT2D eigenvalue weighted by Crippen LogP contribution is -1.95. The average molecular weight is 238 g/mol. The highest BCUT2D eigenvalue weighted by Crippen LogP contribution is 2.22. The second-order valence-corrected chi connectivity index (χ2v) is 4.49. The highest BCUT2D eigenvalue weighted by Gasteiger charge is 2.08. The van der Waals surface area contributed by atoms with Gasteiger partial charge in [0.05, 0.1) is 5.52 Å². The molecule has 4 nitrogen and oxygen atoms in total. The first-order valence-corrected chi connectivity index (χ1v) is 5.89. The molecule has 0 amide bonds. The predicted molar refractivity (Wildman–Crippen MR) is 71.2 cm³/mol. The molecular weight excluding hydrogens is 224 g/mol. The van der Waals surface area contributed by atoms with Crippen molar-refractivity contribution in [3.8, 4) is 11.4 Å². The zero-order chi connectivity index (χ0) is 12.7. The van der Waals surface area contributed by atoms with Crippen LogP contribution in [-0.4, -0.2) is 19.7 Å². The van der Waals surface area contributed by atoms with Crippen LogP contribution in [0.5, 0.6) is 0 Å². The van der Waals surface area contributed by atoms with E-state index >= 15 is 0 Å². The summed E-state index contributed by atoms with van der Waals surface area (Å²) in [5.74, 6) is 1.79. The minimum absolute atomic E-state index is 0.884. The first kappa shape index (κ1) is 10.9. The second kappa shape index (κ2) is 3.91. The third-order valence-electron chi connectivity index (χ3n) is 3.18. The summed E-state index contributed by atoms with van der Waals surface area (Å²) in [6, 6.07) is 10.3. The summed E-state index contributed by atoms with van der Waals surface area (Å²) >= 11 is 0. The molecule has 0 radical (unpaired) electrons. The molecule has 1 aromatic carbocycles. The lowest BCUT2D eigenvalue weighted by Gasteiger charge is -2.04. The maximum absolute atomic E-state index is 4.50. The first-order valence-electron chi connectivity index (χ1n) is 5.89. The summed E-state index contributed by atoms with van der Waals surface area (Å²) in [4.78, 5) is 4.50. The van der Waals surface area contributed by atoms with Gasteiger partial charge in [-0.3, -0.25) is 4.98 Å². The van der Waals surface area contributed by atoms with Gasteiger partial charge in [0.2, 0.25) is 0 Å². The fourth-order valence-corrected chi connectivity index (χ4v) is 2.03. The van der Waals surface area contributed by atoms with Gasteiger partial charge in [-0.25, -0.2) is 0 Å². The van der Waals surface area contributed by atoms with Crippen molar-refractivity contribution in [2.24, 2.45) is 7.05 Å². The zero-order valence-corrected chi connectivity index (χ0v) is 10.7. The van der Waals surface area contributed by atoms with Gasteiger partial charge < -0.3 is 4.57 Å². The van der Waals surface area contributed by atoms with E-state index in [-0.39, 0.29) is 0 Å². The molecule has 18 heavy (non-hydrogen) atoms. The topological polar surface area (TPSA) is 43.6 Å². The molecule has 0 aliphatic heterocycles. The number of aromatic nitrogens is 4. The van der Waals surface area contributed by atoms with Crippen molar-refractivity contribution < 1.29 is 0 Å². The molecule has 3 aromatic rings. The molecule has 0 spiro atoms. The van der Waals surface area contributed by atoms with E-state index in [1.165, 1.54) is 0 Å². The van der Waals surface area contributed by atoms with Crippen LogP contribution in [-0.2, 0) is 7.05 Å². The fraction of sp³-hybridized carbons (Fsp3) is 0.214. The highest BCUT2D eigenvalue weighted by molar-refractivity contribution is 5.83. The Kier molecular flexibility index (Phi) is 2.37. The molecule has 0 atom stereocenters. The van der Waals surface area contributed by atoms with Crippen molar-refractivity contribution in [1.82, 2.24) is 19.7 Å². The van der Waals surface area contributed by atoms with Gasteiger partial charge in [-0.15, -0.1) is 10.2 Å². The van der Waals surface area contributed by atoms with Crippen molar-refractivity contribution in [1.29, 1.82) is 0 Å². The first-order chi connectivity index (χ1) is 8.65. The maximum Gasteiger partial charge on any atom is 0.163 e. The number of nitrogens with zero attached hydrogens (tertiary/aromatic N) is 4. The molecule has 0 N–H and O–H groups in total. The second-order valence-electron chi connectivity index (χ2n) is 4.49. The molecule has 3 rings (SSSR count). The number of hydrogen-bond donors (Lipinski definition) is 0. The molecule has 2 aromatic heterocycles. The van der Waals surface area contributed by atoms with Crippen molar-refractivity contribution in [2.75, 3.05) is 0 Å². The Morgan fingerprint density at radius 3 is 2.56 bits per heavy atom. The number of pyridine rings is 1. The van der Waals surface area contributed by atoms with E-state index < -0.39 is 0 Å². The number of fused-ring (bicyclic) bond motifs is 1. The summed E-state index contributed by atoms with van der Waals surface area (Å²) in [6.45, 7) is 3.95. The van der Waals surface area contributed by atoms with Crippen LogP contribution in [0.2, 0.25) is 0 Å². The predicted octanol–water partition coefficient (Wildman–Crippen LogP) is 2.65. The van der Waals surface area contributed by atoms with Crippen LogP contribution in [0.1, 0.15) is 11.5 Å². The molecule has 0 aliphatic rings. The van der Waals surface area contributed by atoms with Crippen molar-refractivity contribution >= 4 is 10.9 Å². The van der Waals surface area contributed by atoms with E-state index in [0.29, 0.717) is 0 Å². The Hall–Kier alpha value is -2.23. The van der Waals surface area contributed by atoms with Crippen LogP contribution in [0.3, 0.4) is 0 Å². The van der Waals surface area contributed by atoms with Gasteiger partial charge in [0.15, 0.2) is 5.82 Å². The Labute approximate surface area is 105 Å². The van der Waals surface area contributed by atoms with Crippen molar-refractivity contribution in [2.45, 2.75) is 13.8 Å². The van der Waals surface area contributed by atoms with E-state index in [1.54, 1.807) is 0 Å². The molecule has 2 heterocycles. The normalized spacial score (nSPS) is 11.1. The standard InChI is InChI=1S/C14H14N4/c1-9-4-5-11-8-12(6-7-13(11)15-9)14-17-16-10(2)18(14)3/h4-8H,1-3H3. The van der Waals surface area contributed by atoms with E-state index in [1.807, 2.05) is 43.7 Å². The summed E-state index contributed by atoms with van der Waals surface area (Å²) in [7, 11) is 1.97. The van der Waals surface area contributed by atoms with Gasteiger partial charge >= 0.3 is 0 Å². The number of benzene rings is 1. The lowest BCUT2D eigenvalue weighted by atomic mass is 10.1. The number of rotatable bonds is 1. The van der Waals surface area contributed by atoms with Crippen LogP contribution in [0, 0.1) is 13.8 Å². The van der Waals surface area contributed by atoms with Gasteiger partial charge in [0.1, 0.15) is 5.82 Å². The summed E-state index contributed by atoms with van der Waals surface area (Å²) in [5, 5.41) is 9.41. The van der Waals surface area contributed by atoms with Crippen LogP contribution in [0.25, 0.3) is 22.3 Å². The summed E-state index contributed by atoms with van der Waals surface area (Å²) < 4.78 is 1.99. The summed E-state index contributed by atoms with van der Waals surface area (Å²) in [5.41, 5.74) is 3.11. The molecule has 0 bridgehead atoms. The maximum atomic E-state index is 4.50. The molecule has 0 aliphatic carbocycles. The zero-order valence-electron chi connectivity index (χ0n) is 10.7. The van der Waals surface area contributed by atoms with Gasteiger partial charge in [-0.2, -0.15) is 0 Å². The van der Waals surface area contributed by atoms with Crippen molar-refractivity contribution in [3.63, 3.8) is 0 Å². The molecule has 0 saturated heterocycles. The van der Waals surface area contributed by atoms with Crippen LogP contribution in [0.4, 0.5) is 0 Å². The number of hydrogen-bond acceptors (Lipinski definition) is 3. The Bertz CT molecular complexity index is 728. The SMILES string of the molecule is Cc1ccc2cc(-c3nnc(C)n3C)ccc2n1. The van der Waals surface area contributed by atoms with Gasteiger partial charge in [-0.05, 0) is 38.1 Å². The minimum Gasteiger partial charge on any atom is -0.314 e. The van der Waals surface area contributed by atoms with Gasteiger partial charge in [0.25, 0.3) is 0 Å². The van der Waals surface area contributed by atoms with E-state index in [9.17, 15) is 0 Å². The van der Waals surface area contributed by atoms with Crippen molar-refractivity contribution in [3.05, 3.63) is 41.9 Å². The van der Waals surface area contributed by atoms with Crippen LogP contribution in [0.15, 0.2) is 30.3 Å². The Morgan fingerprint density at radius 1 is 1.00 bits per heavy atom. The largest absolute Gasteiger partial charge is 0.314 e. The lowest BCUT2D eigenvalue weighted by molar-refractivity contribution is 0.865. The Balaban J connectivity index is 2.19. The van der Waals surface area contributed by atoms with E-state index in [0.717, 1.165) is 33.8 Å². The molecule has 0 fully saturated rings. The average Bonchev–Trinajstić information content (AvgIpc) is 2.69. The molecule has 4 heteroatoms. The minimum atomic E-state index is 0.884. The highest BCUT2D eigenvalue weighted by atomic mass is 15.3. The van der Waals surface area contributed by atoms with Gasteiger partial charge in [0, 0.05) is 23.7 Å². The smallest absolute Gasteiger partial charge is 0.163 e. The quantitative estimate of drug-likeness (QED) is 0.654. The molecule has 0 saturated carbocycles. The van der Waals surface area contributed by atoms with Crippen LogP contribution < -0.4 is 0 Å². The van der Waals surface area contributed by atoms with E-state index in [4.69, 9.17) is 0 Å². The third-order valence-corrected chi connectivity index (χ3v) is 3.18. The number of aryl methyl sites for hydroxylation is 2. The van der Waals surface area contributed by atoms with Gasteiger partial charge in [-0.1, -0.05) is 6.07 Å². The monoisotopic (exact) mass is 238 g/mol. The van der Waals surface area contributed by atoms with E-state index in [2.05, 4.69) is 27.3 Å². The van der Waals surface area contributed by atoms with Crippen LogP contribution >= 0.6 is 0 Å². The molecule has 90 valence electrons.